The van der Waals surface area contributed by atoms with Crippen LogP contribution in [0.2, 0.25) is 0 Å². The number of carbonyl (C=O) groups is 5. The lowest BCUT2D eigenvalue weighted by molar-refractivity contribution is -0.136. The topological polar surface area (TPSA) is 167 Å². The van der Waals surface area contributed by atoms with E-state index in [4.69, 9.17) is 5.26 Å². The van der Waals surface area contributed by atoms with Gasteiger partial charge in [0.15, 0.2) is 0 Å². The third kappa shape index (κ3) is 3.98. The molecule has 0 bridgehead atoms. The van der Waals surface area contributed by atoms with Crippen LogP contribution < -0.4 is 10.6 Å². The quantitative estimate of drug-likeness (QED) is 0.504. The molecule has 0 aliphatic carbocycles. The molecule has 2 aromatic carbocycles. The maximum Gasteiger partial charge on any atom is 0.264 e. The summed E-state index contributed by atoms with van der Waals surface area (Å²) in [6.07, 6.45) is 1.61. The number of hydrogen-bond acceptors (Lipinski definition) is 8. The summed E-state index contributed by atoms with van der Waals surface area (Å²) in [5.74, 6) is -3.07. The van der Waals surface area contributed by atoms with Crippen LogP contribution in [0.15, 0.2) is 48.7 Å². The molecule has 0 saturated carbocycles. The average molecular weight is 483 g/mol. The van der Waals surface area contributed by atoms with E-state index in [9.17, 15) is 24.0 Å². The molecule has 2 aliphatic heterocycles. The zero-order valence-corrected chi connectivity index (χ0v) is 18.6. The Morgan fingerprint density at radius 2 is 1.89 bits per heavy atom. The van der Waals surface area contributed by atoms with Crippen molar-refractivity contribution in [3.63, 3.8) is 0 Å². The van der Waals surface area contributed by atoms with Crippen LogP contribution in [0.5, 0.6) is 0 Å². The number of nitrogens with one attached hydrogen (secondary N) is 2. The molecular weight excluding hydrogens is 466 g/mol. The summed E-state index contributed by atoms with van der Waals surface area (Å²) in [6, 6.07) is 12.1. The smallest absolute Gasteiger partial charge is 0.264 e. The highest BCUT2D eigenvalue weighted by molar-refractivity contribution is 6.26. The van der Waals surface area contributed by atoms with Crippen LogP contribution >= 0.6 is 0 Å². The van der Waals surface area contributed by atoms with Gasteiger partial charge in [0, 0.05) is 12.0 Å². The minimum Gasteiger partial charge on any atom is -0.324 e. The van der Waals surface area contributed by atoms with Gasteiger partial charge >= 0.3 is 0 Å². The van der Waals surface area contributed by atoms with Gasteiger partial charge in [-0.3, -0.25) is 34.2 Å². The standard InChI is InChI=1S/C24H17N7O5/c25-10-13-4-6-14(7-5-13)17-11-30(29-28-17)12-20(33)26-16-3-1-2-15-21(16)24(36)31(23(15)35)18-8-9-19(32)27-22(18)34/h1-7,11,18H,8-9,12H2,(H,26,33)(H,27,32,34). The zero-order chi connectivity index (χ0) is 25.4. The minimum absolute atomic E-state index is 0.00969. The van der Waals surface area contributed by atoms with E-state index in [2.05, 4.69) is 20.9 Å². The number of fused-ring (bicyclic) bond motifs is 1. The van der Waals surface area contributed by atoms with Gasteiger partial charge in [0.25, 0.3) is 11.8 Å². The van der Waals surface area contributed by atoms with Crippen molar-refractivity contribution in [1.29, 1.82) is 5.26 Å². The van der Waals surface area contributed by atoms with Crippen LogP contribution in [0.25, 0.3) is 11.3 Å². The van der Waals surface area contributed by atoms with Gasteiger partial charge in [0.1, 0.15) is 18.3 Å². The first-order valence-electron chi connectivity index (χ1n) is 10.9. The predicted octanol–water partition coefficient (Wildman–Crippen LogP) is 0.857. The molecule has 2 aliphatic rings. The van der Waals surface area contributed by atoms with Crippen LogP contribution in [-0.4, -0.2) is 55.5 Å². The van der Waals surface area contributed by atoms with Crippen molar-refractivity contribution in [2.75, 3.05) is 5.32 Å². The molecule has 1 aromatic heterocycles. The van der Waals surface area contributed by atoms with Crippen molar-refractivity contribution < 1.29 is 24.0 Å². The molecule has 5 rings (SSSR count). The molecule has 1 unspecified atom stereocenters. The number of anilines is 1. The van der Waals surface area contributed by atoms with E-state index in [0.29, 0.717) is 11.3 Å². The molecular formula is C24H17N7O5. The first kappa shape index (κ1) is 22.6. The fraction of sp³-hybridized carbons (Fsp3) is 0.167. The largest absolute Gasteiger partial charge is 0.324 e. The van der Waals surface area contributed by atoms with Crippen LogP contribution in [0.4, 0.5) is 5.69 Å². The summed E-state index contributed by atoms with van der Waals surface area (Å²) in [5.41, 5.74) is 1.90. The minimum atomic E-state index is -1.10. The molecule has 12 nitrogen and oxygen atoms in total. The van der Waals surface area contributed by atoms with Gasteiger partial charge in [0.05, 0.1) is 34.6 Å². The van der Waals surface area contributed by atoms with Crippen molar-refractivity contribution in [1.82, 2.24) is 25.2 Å². The molecule has 2 N–H and O–H groups in total. The number of amides is 5. The number of nitrogens with zero attached hydrogens (tertiary/aromatic N) is 5. The number of rotatable bonds is 5. The molecule has 3 heterocycles. The molecule has 0 radical (unpaired) electrons. The van der Waals surface area contributed by atoms with Crippen molar-refractivity contribution in [3.8, 4) is 17.3 Å². The summed E-state index contributed by atoms with van der Waals surface area (Å²) in [6.45, 7) is -0.216. The summed E-state index contributed by atoms with van der Waals surface area (Å²) >= 11 is 0. The zero-order valence-electron chi connectivity index (χ0n) is 18.6. The van der Waals surface area contributed by atoms with Crippen molar-refractivity contribution in [3.05, 3.63) is 65.4 Å². The Kier molecular flexibility index (Phi) is 5.57. The van der Waals surface area contributed by atoms with E-state index in [1.54, 1.807) is 30.5 Å². The van der Waals surface area contributed by atoms with Gasteiger partial charge in [-0.1, -0.05) is 23.4 Å². The van der Waals surface area contributed by atoms with E-state index < -0.39 is 35.6 Å². The number of benzene rings is 2. The molecule has 3 aromatic rings. The number of carbonyl (C=O) groups excluding carboxylic acids is 5. The fourth-order valence-electron chi connectivity index (χ4n) is 4.18. The second-order valence-electron chi connectivity index (χ2n) is 8.21. The SMILES string of the molecule is N#Cc1ccc(-c2cn(CC(=O)Nc3cccc4c3C(=O)N(C3CCC(=O)NC3=O)C4=O)nn2)cc1. The molecule has 1 saturated heterocycles. The Labute approximate surface area is 203 Å². The van der Waals surface area contributed by atoms with E-state index >= 15 is 0 Å². The van der Waals surface area contributed by atoms with E-state index in [0.717, 1.165) is 10.5 Å². The first-order valence-corrected chi connectivity index (χ1v) is 10.9. The third-order valence-corrected chi connectivity index (χ3v) is 5.90. The maximum atomic E-state index is 13.1. The summed E-state index contributed by atoms with van der Waals surface area (Å²) in [7, 11) is 0. The second kappa shape index (κ2) is 8.88. The van der Waals surface area contributed by atoms with Gasteiger partial charge < -0.3 is 5.32 Å². The lowest BCUT2D eigenvalue weighted by Gasteiger charge is -2.27. The normalized spacial score (nSPS) is 17.0. The summed E-state index contributed by atoms with van der Waals surface area (Å²) in [4.78, 5) is 63.3. The van der Waals surface area contributed by atoms with Crippen molar-refractivity contribution in [2.45, 2.75) is 25.4 Å². The van der Waals surface area contributed by atoms with Crippen molar-refractivity contribution in [2.24, 2.45) is 0 Å². The van der Waals surface area contributed by atoms with E-state index in [-0.39, 0.29) is 36.2 Å². The summed E-state index contributed by atoms with van der Waals surface area (Å²) < 4.78 is 1.31. The molecule has 5 amide bonds. The van der Waals surface area contributed by atoms with Gasteiger partial charge in [-0.15, -0.1) is 5.10 Å². The number of piperidine rings is 1. The highest BCUT2D eigenvalue weighted by Crippen LogP contribution is 2.32. The lowest BCUT2D eigenvalue weighted by Crippen LogP contribution is -2.54. The molecule has 36 heavy (non-hydrogen) atoms. The Hall–Kier alpha value is -5.18. The monoisotopic (exact) mass is 483 g/mol. The van der Waals surface area contributed by atoms with Gasteiger partial charge in [-0.25, -0.2) is 4.68 Å². The highest BCUT2D eigenvalue weighted by atomic mass is 16.2. The lowest BCUT2D eigenvalue weighted by atomic mass is 10.0. The molecule has 1 atom stereocenters. The molecule has 12 heteroatoms. The molecule has 178 valence electrons. The number of nitriles is 1. The number of aromatic nitrogens is 3. The van der Waals surface area contributed by atoms with Crippen LogP contribution in [0.1, 0.15) is 39.1 Å². The Balaban J connectivity index is 1.32. The Morgan fingerprint density at radius 1 is 1.11 bits per heavy atom. The maximum absolute atomic E-state index is 13.1. The van der Waals surface area contributed by atoms with Crippen LogP contribution in [0, 0.1) is 11.3 Å². The number of imide groups is 2. The van der Waals surface area contributed by atoms with Crippen molar-refractivity contribution >= 4 is 35.2 Å². The second-order valence-corrected chi connectivity index (χ2v) is 8.21. The first-order chi connectivity index (χ1) is 17.4. The van der Waals surface area contributed by atoms with E-state index in [1.807, 2.05) is 6.07 Å². The third-order valence-electron chi connectivity index (χ3n) is 5.90. The average Bonchev–Trinajstić information content (AvgIpc) is 3.42. The predicted molar refractivity (Wildman–Crippen MR) is 122 cm³/mol. The van der Waals surface area contributed by atoms with Crippen LogP contribution in [0.3, 0.4) is 0 Å². The summed E-state index contributed by atoms with van der Waals surface area (Å²) in [5, 5.41) is 21.7. The molecule has 0 spiro atoms. The number of hydrogen-bond donors (Lipinski definition) is 2. The van der Waals surface area contributed by atoms with Crippen LogP contribution in [-0.2, 0) is 20.9 Å². The van der Waals surface area contributed by atoms with Gasteiger partial charge in [-0.05, 0) is 30.7 Å². The Morgan fingerprint density at radius 3 is 2.61 bits per heavy atom. The highest BCUT2D eigenvalue weighted by Gasteiger charge is 2.45. The molecule has 1 fully saturated rings. The van der Waals surface area contributed by atoms with Gasteiger partial charge in [0.2, 0.25) is 17.7 Å². The Bertz CT molecular complexity index is 1490. The van der Waals surface area contributed by atoms with Gasteiger partial charge in [-0.2, -0.15) is 5.26 Å². The van der Waals surface area contributed by atoms with E-state index in [1.165, 1.54) is 22.9 Å². The fourth-order valence-corrected chi connectivity index (χ4v) is 4.18.